The lowest BCUT2D eigenvalue weighted by atomic mass is 9.95. The predicted octanol–water partition coefficient (Wildman–Crippen LogP) is 2.61. The Labute approximate surface area is 94.1 Å². The maximum Gasteiger partial charge on any atom is 0.151 e. The van der Waals surface area contributed by atoms with Crippen molar-refractivity contribution in [1.29, 1.82) is 0 Å². The highest BCUT2D eigenvalue weighted by atomic mass is 16.1. The van der Waals surface area contributed by atoms with Crippen LogP contribution in [-0.2, 0) is 0 Å². The van der Waals surface area contributed by atoms with Crippen LogP contribution in [0.25, 0.3) is 10.8 Å². The molecule has 0 aromatic heterocycles. The Balaban J connectivity index is 3.02. The van der Waals surface area contributed by atoms with Crippen LogP contribution in [0, 0.1) is 24.7 Å². The fourth-order valence-electron chi connectivity index (χ4n) is 1.77. The highest BCUT2D eigenvalue weighted by Gasteiger charge is 2.09. The van der Waals surface area contributed by atoms with Crippen molar-refractivity contribution in [3.8, 4) is 24.7 Å². The zero-order valence-electron chi connectivity index (χ0n) is 8.53. The topological polar surface area (TPSA) is 17.1 Å². The zero-order chi connectivity index (χ0) is 11.5. The lowest BCUT2D eigenvalue weighted by Crippen LogP contribution is -1.94. The van der Waals surface area contributed by atoms with Gasteiger partial charge in [0.25, 0.3) is 0 Å². The largest absolute Gasteiger partial charge is 0.298 e. The van der Waals surface area contributed by atoms with Gasteiger partial charge in [-0.25, -0.2) is 0 Å². The number of fused-ring (bicyclic) bond motifs is 1. The van der Waals surface area contributed by atoms with Gasteiger partial charge in [0, 0.05) is 11.1 Å². The fourth-order valence-corrected chi connectivity index (χ4v) is 1.77. The monoisotopic (exact) mass is 204 g/mol. The lowest BCUT2D eigenvalue weighted by molar-refractivity contribution is 0.112. The first-order chi connectivity index (χ1) is 7.81. The highest BCUT2D eigenvalue weighted by molar-refractivity contribution is 6.01. The van der Waals surface area contributed by atoms with Gasteiger partial charge >= 0.3 is 0 Å². The minimum absolute atomic E-state index is 0.494. The molecule has 0 N–H and O–H groups in total. The summed E-state index contributed by atoms with van der Waals surface area (Å²) >= 11 is 0. The number of rotatable bonds is 1. The molecule has 0 unspecified atom stereocenters. The predicted molar refractivity (Wildman–Crippen MR) is 65.2 cm³/mol. The van der Waals surface area contributed by atoms with Crippen molar-refractivity contribution in [2.45, 2.75) is 0 Å². The third-order valence-corrected chi connectivity index (χ3v) is 2.51. The summed E-state index contributed by atoms with van der Waals surface area (Å²) in [6.45, 7) is 0. The average Bonchev–Trinajstić information content (AvgIpc) is 2.36. The van der Waals surface area contributed by atoms with Crippen LogP contribution in [0.15, 0.2) is 30.3 Å². The summed E-state index contributed by atoms with van der Waals surface area (Å²) in [7, 11) is 0. The van der Waals surface area contributed by atoms with E-state index in [4.69, 9.17) is 12.8 Å². The van der Waals surface area contributed by atoms with Gasteiger partial charge in [0.15, 0.2) is 6.29 Å². The number of aldehydes is 1. The number of hydrogen-bond donors (Lipinski definition) is 0. The van der Waals surface area contributed by atoms with E-state index in [9.17, 15) is 4.79 Å². The van der Waals surface area contributed by atoms with Crippen LogP contribution in [0.5, 0.6) is 0 Å². The Bertz CT molecular complexity index is 651. The number of carbonyl (C=O) groups excluding carboxylic acids is 1. The van der Waals surface area contributed by atoms with E-state index in [1.54, 1.807) is 0 Å². The summed E-state index contributed by atoms with van der Waals surface area (Å²) in [6, 6.07) is 9.36. The van der Waals surface area contributed by atoms with E-state index in [1.807, 2.05) is 30.3 Å². The fraction of sp³-hybridized carbons (Fsp3) is 0. The Morgan fingerprint density at radius 3 is 2.50 bits per heavy atom. The van der Waals surface area contributed by atoms with Crippen molar-refractivity contribution < 1.29 is 4.79 Å². The smallest absolute Gasteiger partial charge is 0.151 e. The van der Waals surface area contributed by atoms with Gasteiger partial charge in [-0.1, -0.05) is 36.1 Å². The summed E-state index contributed by atoms with van der Waals surface area (Å²) in [5.41, 5.74) is 1.58. The molecular formula is C15H8O. The van der Waals surface area contributed by atoms with Gasteiger partial charge in [0.05, 0.1) is 5.56 Å². The molecule has 0 saturated carbocycles. The van der Waals surface area contributed by atoms with Crippen LogP contribution in [0.3, 0.4) is 0 Å². The lowest BCUT2D eigenvalue weighted by Gasteiger charge is -2.06. The molecule has 0 heterocycles. The molecule has 0 amide bonds. The number of terminal acetylenes is 2. The summed E-state index contributed by atoms with van der Waals surface area (Å²) in [6.07, 6.45) is 11.5. The average molecular weight is 204 g/mol. The molecule has 16 heavy (non-hydrogen) atoms. The quantitative estimate of drug-likeness (QED) is 0.515. The molecule has 1 nitrogen and oxygen atoms in total. The van der Waals surface area contributed by atoms with E-state index in [2.05, 4.69) is 11.8 Å². The van der Waals surface area contributed by atoms with Gasteiger partial charge in [-0.15, -0.1) is 12.8 Å². The second kappa shape index (κ2) is 3.93. The first-order valence-electron chi connectivity index (χ1n) is 4.76. The molecular weight excluding hydrogens is 196 g/mol. The first-order valence-corrected chi connectivity index (χ1v) is 4.76. The maximum absolute atomic E-state index is 11.1. The first kappa shape index (κ1) is 10.0. The second-order valence-electron chi connectivity index (χ2n) is 3.34. The summed E-state index contributed by atoms with van der Waals surface area (Å²) < 4.78 is 0. The van der Waals surface area contributed by atoms with Gasteiger partial charge in [-0.05, 0) is 16.8 Å². The molecule has 0 atom stereocenters. The molecule has 0 aliphatic rings. The van der Waals surface area contributed by atoms with Crippen LogP contribution >= 0.6 is 0 Å². The molecule has 1 heteroatoms. The number of benzene rings is 2. The minimum Gasteiger partial charge on any atom is -0.298 e. The molecule has 2 rings (SSSR count). The molecule has 0 spiro atoms. The van der Waals surface area contributed by atoms with Crippen LogP contribution in [0.2, 0.25) is 0 Å². The molecule has 0 aliphatic heterocycles. The Morgan fingerprint density at radius 1 is 1.12 bits per heavy atom. The van der Waals surface area contributed by atoms with Crippen LogP contribution in [0.1, 0.15) is 21.5 Å². The van der Waals surface area contributed by atoms with Gasteiger partial charge in [0.2, 0.25) is 0 Å². The van der Waals surface area contributed by atoms with Crippen molar-refractivity contribution in [2.75, 3.05) is 0 Å². The summed E-state index contributed by atoms with van der Waals surface area (Å²) in [4.78, 5) is 11.1. The molecule has 0 radical (unpaired) electrons. The third kappa shape index (κ3) is 1.36. The van der Waals surface area contributed by atoms with Crippen molar-refractivity contribution in [3.63, 3.8) is 0 Å². The van der Waals surface area contributed by atoms with Crippen molar-refractivity contribution in [3.05, 3.63) is 47.0 Å². The van der Waals surface area contributed by atoms with E-state index in [-0.39, 0.29) is 0 Å². The van der Waals surface area contributed by atoms with Gasteiger partial charge in [-0.3, -0.25) is 4.79 Å². The SMILES string of the molecule is C#Cc1cc2ccccc2c(C=O)c1C#C. The molecule has 0 aliphatic carbocycles. The van der Waals surface area contributed by atoms with E-state index in [1.165, 1.54) is 0 Å². The molecule has 2 aromatic carbocycles. The molecule has 2 aromatic rings. The molecule has 0 fully saturated rings. The zero-order valence-corrected chi connectivity index (χ0v) is 8.53. The summed E-state index contributed by atoms with van der Waals surface area (Å²) in [5, 5.41) is 1.76. The van der Waals surface area contributed by atoms with Crippen molar-refractivity contribution in [1.82, 2.24) is 0 Å². The number of hydrogen-bond acceptors (Lipinski definition) is 1. The Kier molecular flexibility index (Phi) is 2.46. The van der Waals surface area contributed by atoms with E-state index >= 15 is 0 Å². The number of carbonyl (C=O) groups is 1. The van der Waals surface area contributed by atoms with Crippen molar-refractivity contribution >= 4 is 17.1 Å². The van der Waals surface area contributed by atoms with E-state index < -0.39 is 0 Å². The van der Waals surface area contributed by atoms with Crippen LogP contribution < -0.4 is 0 Å². The highest BCUT2D eigenvalue weighted by Crippen LogP contribution is 2.23. The van der Waals surface area contributed by atoms with Gasteiger partial charge in [-0.2, -0.15) is 0 Å². The molecule has 0 saturated heterocycles. The van der Waals surface area contributed by atoms with Gasteiger partial charge in [0.1, 0.15) is 0 Å². The molecule has 0 bridgehead atoms. The summed E-state index contributed by atoms with van der Waals surface area (Å²) in [5.74, 6) is 5.00. The van der Waals surface area contributed by atoms with Gasteiger partial charge < -0.3 is 0 Å². The van der Waals surface area contributed by atoms with Crippen LogP contribution in [-0.4, -0.2) is 6.29 Å². The molecule has 74 valence electrons. The third-order valence-electron chi connectivity index (χ3n) is 2.51. The van der Waals surface area contributed by atoms with E-state index in [0.29, 0.717) is 16.7 Å². The second-order valence-corrected chi connectivity index (χ2v) is 3.34. The van der Waals surface area contributed by atoms with Crippen LogP contribution in [0.4, 0.5) is 0 Å². The standard InChI is InChI=1S/C15H8O/c1-3-11-9-12-7-5-6-8-14(12)15(10-16)13(11)4-2/h1-2,5-10H. The minimum atomic E-state index is 0.494. The van der Waals surface area contributed by atoms with Crippen molar-refractivity contribution in [2.24, 2.45) is 0 Å². The normalized spacial score (nSPS) is 9.38. The van der Waals surface area contributed by atoms with E-state index in [0.717, 1.165) is 17.1 Å². The Morgan fingerprint density at radius 2 is 1.88 bits per heavy atom. The Hall–Kier alpha value is -2.51. The maximum atomic E-state index is 11.1.